The summed E-state index contributed by atoms with van der Waals surface area (Å²) in [6.07, 6.45) is 0. The van der Waals surface area contributed by atoms with Gasteiger partial charge in [0.1, 0.15) is 6.61 Å². The predicted octanol–water partition coefficient (Wildman–Crippen LogP) is 0.957. The molecule has 0 amide bonds. The zero-order valence-corrected chi connectivity index (χ0v) is 9.54. The molecular formula is C11H13NO5. The van der Waals surface area contributed by atoms with Crippen LogP contribution in [0.15, 0.2) is 24.3 Å². The van der Waals surface area contributed by atoms with Crippen molar-refractivity contribution < 1.29 is 19.6 Å². The minimum atomic E-state index is -1.56. The van der Waals surface area contributed by atoms with Gasteiger partial charge in [0, 0.05) is 17.4 Å². The Bertz CT molecular complexity index is 428. The van der Waals surface area contributed by atoms with Crippen molar-refractivity contribution in [3.63, 3.8) is 0 Å². The molecule has 6 nitrogen and oxygen atoms in total. The van der Waals surface area contributed by atoms with Gasteiger partial charge in [-0.25, -0.2) is 4.79 Å². The van der Waals surface area contributed by atoms with Crippen LogP contribution >= 0.6 is 0 Å². The second-order valence-electron chi connectivity index (χ2n) is 3.76. The van der Waals surface area contributed by atoms with Crippen molar-refractivity contribution in [3.8, 4) is 0 Å². The van der Waals surface area contributed by atoms with E-state index >= 15 is 0 Å². The molecule has 1 rings (SSSR count). The Labute approximate surface area is 98.0 Å². The Morgan fingerprint density at radius 1 is 1.47 bits per heavy atom. The summed E-state index contributed by atoms with van der Waals surface area (Å²) in [7, 11) is 1.26. The number of hydrogen-bond donors (Lipinski definition) is 1. The Kier molecular flexibility index (Phi) is 3.80. The van der Waals surface area contributed by atoms with E-state index in [1.165, 1.54) is 38.3 Å². The second kappa shape index (κ2) is 4.92. The molecule has 92 valence electrons. The summed E-state index contributed by atoms with van der Waals surface area (Å²) < 4.78 is 4.51. The molecule has 0 aliphatic heterocycles. The average Bonchev–Trinajstić information content (AvgIpc) is 2.36. The van der Waals surface area contributed by atoms with Crippen LogP contribution in [0.3, 0.4) is 0 Å². The summed E-state index contributed by atoms with van der Waals surface area (Å²) >= 11 is 0. The molecule has 17 heavy (non-hydrogen) atoms. The van der Waals surface area contributed by atoms with Gasteiger partial charge < -0.3 is 9.84 Å². The molecule has 0 heterocycles. The van der Waals surface area contributed by atoms with E-state index in [1.54, 1.807) is 0 Å². The van der Waals surface area contributed by atoms with Gasteiger partial charge in [0.2, 0.25) is 0 Å². The van der Waals surface area contributed by atoms with E-state index in [-0.39, 0.29) is 0 Å². The van der Waals surface area contributed by atoms with Gasteiger partial charge in [0.15, 0.2) is 0 Å². The SMILES string of the molecule is COC(=O)c1ccc(C(C)(CO)[N+](=O)[O-])cc1. The van der Waals surface area contributed by atoms with Gasteiger partial charge in [-0.3, -0.25) is 10.1 Å². The molecule has 0 bridgehead atoms. The highest BCUT2D eigenvalue weighted by molar-refractivity contribution is 5.89. The molecule has 0 saturated heterocycles. The quantitative estimate of drug-likeness (QED) is 0.480. The highest BCUT2D eigenvalue weighted by atomic mass is 16.6. The summed E-state index contributed by atoms with van der Waals surface area (Å²) in [5.41, 5.74) is -0.924. The number of aliphatic hydroxyl groups is 1. The van der Waals surface area contributed by atoms with Crippen LogP contribution in [0.2, 0.25) is 0 Å². The second-order valence-corrected chi connectivity index (χ2v) is 3.76. The first-order valence-corrected chi connectivity index (χ1v) is 4.90. The summed E-state index contributed by atoms with van der Waals surface area (Å²) in [6.45, 7) is 0.706. The van der Waals surface area contributed by atoms with Gasteiger partial charge in [-0.05, 0) is 12.1 Å². The van der Waals surface area contributed by atoms with Gasteiger partial charge in [-0.1, -0.05) is 12.1 Å². The van der Waals surface area contributed by atoms with Crippen molar-refractivity contribution in [1.29, 1.82) is 0 Å². The highest BCUT2D eigenvalue weighted by Gasteiger charge is 2.38. The van der Waals surface area contributed by atoms with Gasteiger partial charge in [0.05, 0.1) is 12.7 Å². The number of nitrogens with zero attached hydrogens (tertiary/aromatic N) is 1. The average molecular weight is 239 g/mol. The first-order valence-electron chi connectivity index (χ1n) is 4.90. The van der Waals surface area contributed by atoms with Crippen molar-refractivity contribution in [1.82, 2.24) is 0 Å². The van der Waals surface area contributed by atoms with Gasteiger partial charge in [-0.15, -0.1) is 0 Å². The van der Waals surface area contributed by atoms with Crippen LogP contribution in [-0.2, 0) is 10.3 Å². The molecule has 0 saturated carbocycles. The number of hydrogen-bond acceptors (Lipinski definition) is 5. The van der Waals surface area contributed by atoms with Gasteiger partial charge >= 0.3 is 5.97 Å². The lowest BCUT2D eigenvalue weighted by atomic mass is 9.93. The maximum absolute atomic E-state index is 11.2. The van der Waals surface area contributed by atoms with Crippen molar-refractivity contribution in [2.75, 3.05) is 13.7 Å². The summed E-state index contributed by atoms with van der Waals surface area (Å²) in [4.78, 5) is 21.5. The molecule has 1 unspecified atom stereocenters. The molecule has 1 aromatic carbocycles. The number of methoxy groups -OCH3 is 1. The zero-order valence-electron chi connectivity index (χ0n) is 9.54. The first-order chi connectivity index (χ1) is 7.95. The first kappa shape index (κ1) is 13.1. The van der Waals surface area contributed by atoms with Crippen LogP contribution in [0.1, 0.15) is 22.8 Å². The fourth-order valence-corrected chi connectivity index (χ4v) is 1.34. The van der Waals surface area contributed by atoms with E-state index < -0.39 is 23.0 Å². The Hall–Kier alpha value is -1.95. The molecule has 6 heteroatoms. The van der Waals surface area contributed by atoms with E-state index in [0.29, 0.717) is 11.1 Å². The molecular weight excluding hydrogens is 226 g/mol. The van der Waals surface area contributed by atoms with Crippen molar-refractivity contribution in [3.05, 3.63) is 45.5 Å². The molecule has 0 radical (unpaired) electrons. The van der Waals surface area contributed by atoms with Gasteiger partial charge in [-0.2, -0.15) is 0 Å². The van der Waals surface area contributed by atoms with E-state index in [2.05, 4.69) is 4.74 Å². The monoisotopic (exact) mass is 239 g/mol. The number of carbonyl (C=O) groups excluding carboxylic acids is 1. The number of nitro groups is 1. The third-order valence-corrected chi connectivity index (χ3v) is 2.64. The van der Waals surface area contributed by atoms with E-state index in [1.807, 2.05) is 0 Å². The number of benzene rings is 1. The third kappa shape index (κ3) is 2.42. The molecule has 0 aliphatic rings. The lowest BCUT2D eigenvalue weighted by molar-refractivity contribution is -0.578. The molecule has 1 N–H and O–H groups in total. The van der Waals surface area contributed by atoms with Crippen molar-refractivity contribution >= 4 is 5.97 Å². The van der Waals surface area contributed by atoms with E-state index in [4.69, 9.17) is 5.11 Å². The summed E-state index contributed by atoms with van der Waals surface area (Å²) in [6, 6.07) is 5.73. The predicted molar refractivity (Wildman–Crippen MR) is 59.2 cm³/mol. The lowest BCUT2D eigenvalue weighted by Gasteiger charge is -2.18. The topological polar surface area (TPSA) is 89.7 Å². The van der Waals surface area contributed by atoms with E-state index in [9.17, 15) is 14.9 Å². The molecule has 0 aromatic heterocycles. The maximum Gasteiger partial charge on any atom is 0.337 e. The van der Waals surface area contributed by atoms with E-state index in [0.717, 1.165) is 0 Å². The number of ether oxygens (including phenoxy) is 1. The van der Waals surface area contributed by atoms with Crippen LogP contribution in [0.25, 0.3) is 0 Å². The van der Waals surface area contributed by atoms with Crippen LogP contribution in [0, 0.1) is 10.1 Å². The number of aliphatic hydroxyl groups excluding tert-OH is 1. The largest absolute Gasteiger partial charge is 0.465 e. The Balaban J connectivity index is 3.09. The molecule has 0 aliphatic carbocycles. The fraction of sp³-hybridized carbons (Fsp3) is 0.364. The number of rotatable bonds is 4. The van der Waals surface area contributed by atoms with Crippen LogP contribution in [-0.4, -0.2) is 29.7 Å². The molecule has 0 fully saturated rings. The Morgan fingerprint density at radius 3 is 2.35 bits per heavy atom. The van der Waals surface area contributed by atoms with Crippen LogP contribution in [0.4, 0.5) is 0 Å². The van der Waals surface area contributed by atoms with Crippen molar-refractivity contribution in [2.24, 2.45) is 0 Å². The third-order valence-electron chi connectivity index (χ3n) is 2.64. The van der Waals surface area contributed by atoms with Crippen LogP contribution < -0.4 is 0 Å². The van der Waals surface area contributed by atoms with Crippen LogP contribution in [0.5, 0.6) is 0 Å². The number of esters is 1. The molecule has 0 spiro atoms. The standard InChI is InChI=1S/C11H13NO5/c1-11(7-13,12(15)16)9-5-3-8(4-6-9)10(14)17-2/h3-6,13H,7H2,1-2H3. The minimum absolute atomic E-state index is 0.305. The zero-order chi connectivity index (χ0) is 13.1. The fourth-order valence-electron chi connectivity index (χ4n) is 1.34. The van der Waals surface area contributed by atoms with Crippen molar-refractivity contribution in [2.45, 2.75) is 12.5 Å². The molecule has 1 aromatic rings. The normalized spacial score (nSPS) is 13.8. The summed E-state index contributed by atoms with van der Waals surface area (Å²) in [5, 5.41) is 20.0. The highest BCUT2D eigenvalue weighted by Crippen LogP contribution is 2.24. The lowest BCUT2D eigenvalue weighted by Crippen LogP contribution is -2.35. The minimum Gasteiger partial charge on any atom is -0.465 e. The van der Waals surface area contributed by atoms with Gasteiger partial charge in [0.25, 0.3) is 5.54 Å². The smallest absolute Gasteiger partial charge is 0.337 e. The Morgan fingerprint density at radius 2 is 2.00 bits per heavy atom. The number of carbonyl (C=O) groups is 1. The maximum atomic E-state index is 11.2. The summed E-state index contributed by atoms with van der Waals surface area (Å²) in [5.74, 6) is -0.511. The molecule has 1 atom stereocenters.